The second-order valence-electron chi connectivity index (χ2n) is 6.25. The Hall–Kier alpha value is -1.32. The lowest BCUT2D eigenvalue weighted by molar-refractivity contribution is -0.111. The summed E-state index contributed by atoms with van der Waals surface area (Å²) in [4.78, 5) is 22.9. The van der Waals surface area contributed by atoms with Crippen LogP contribution in [0.25, 0.3) is 0 Å². The van der Waals surface area contributed by atoms with Crippen LogP contribution in [0.4, 0.5) is 4.79 Å². The predicted octanol–water partition coefficient (Wildman–Crippen LogP) is 2.29. The molecule has 1 saturated carbocycles. The Labute approximate surface area is 108 Å². The Kier molecular flexibility index (Phi) is 3.46. The first-order chi connectivity index (χ1) is 8.39. The number of aldehydes is 1. The van der Waals surface area contributed by atoms with Crippen LogP contribution in [-0.4, -0.2) is 24.0 Å². The van der Waals surface area contributed by atoms with Gasteiger partial charge < -0.3 is 14.8 Å². The van der Waals surface area contributed by atoms with E-state index in [1.54, 1.807) is 0 Å². The standard InChI is InChI=1S/C14H21NO3/c1-14(2,3)18-13(17)15-12(8-16)11-7-9-4-5-10(11)6-9/h4-5,8-12H,6-7H2,1-3H3,(H,15,17). The third-order valence-corrected chi connectivity index (χ3v) is 3.62. The third kappa shape index (κ3) is 2.92. The van der Waals surface area contributed by atoms with Crippen LogP contribution in [0.2, 0.25) is 0 Å². The molecule has 18 heavy (non-hydrogen) atoms. The van der Waals surface area contributed by atoms with E-state index >= 15 is 0 Å². The summed E-state index contributed by atoms with van der Waals surface area (Å²) in [5, 5.41) is 2.69. The van der Waals surface area contributed by atoms with Crippen molar-refractivity contribution in [1.82, 2.24) is 5.32 Å². The molecule has 2 bridgehead atoms. The first kappa shape index (κ1) is 13.1. The highest BCUT2D eigenvalue weighted by Gasteiger charge is 2.40. The van der Waals surface area contributed by atoms with Gasteiger partial charge in [0, 0.05) is 0 Å². The number of hydrogen-bond acceptors (Lipinski definition) is 3. The molecule has 4 nitrogen and oxygen atoms in total. The zero-order valence-corrected chi connectivity index (χ0v) is 11.2. The number of ether oxygens (including phenoxy) is 1. The maximum absolute atomic E-state index is 11.7. The van der Waals surface area contributed by atoms with Crippen LogP contribution in [0.3, 0.4) is 0 Å². The van der Waals surface area contributed by atoms with Crippen LogP contribution >= 0.6 is 0 Å². The molecule has 0 spiro atoms. The van der Waals surface area contributed by atoms with E-state index in [1.165, 1.54) is 0 Å². The van der Waals surface area contributed by atoms with Gasteiger partial charge in [-0.1, -0.05) is 12.2 Å². The fourth-order valence-corrected chi connectivity index (χ4v) is 2.92. The minimum absolute atomic E-state index is 0.227. The van der Waals surface area contributed by atoms with Gasteiger partial charge in [-0.3, -0.25) is 0 Å². The molecule has 4 heteroatoms. The van der Waals surface area contributed by atoms with Crippen molar-refractivity contribution in [3.8, 4) is 0 Å². The molecule has 2 aliphatic rings. The van der Waals surface area contributed by atoms with Gasteiger partial charge in [0.05, 0.1) is 6.04 Å². The Morgan fingerprint density at radius 1 is 1.39 bits per heavy atom. The van der Waals surface area contributed by atoms with E-state index in [2.05, 4.69) is 17.5 Å². The highest BCUT2D eigenvalue weighted by molar-refractivity contribution is 5.73. The molecule has 0 aromatic rings. The van der Waals surface area contributed by atoms with E-state index in [0.717, 1.165) is 19.1 Å². The van der Waals surface area contributed by atoms with E-state index < -0.39 is 17.7 Å². The van der Waals surface area contributed by atoms with Crippen LogP contribution in [0.1, 0.15) is 33.6 Å². The summed E-state index contributed by atoms with van der Waals surface area (Å²) in [6.07, 6.45) is 6.82. The summed E-state index contributed by atoms with van der Waals surface area (Å²) < 4.78 is 5.18. The Morgan fingerprint density at radius 3 is 2.56 bits per heavy atom. The molecule has 4 unspecified atom stereocenters. The van der Waals surface area contributed by atoms with Crippen molar-refractivity contribution < 1.29 is 14.3 Å². The van der Waals surface area contributed by atoms with Crippen molar-refractivity contribution >= 4 is 12.4 Å². The minimum atomic E-state index is -0.536. The molecule has 0 aromatic carbocycles. The summed E-state index contributed by atoms with van der Waals surface area (Å²) >= 11 is 0. The molecule has 2 aliphatic carbocycles. The van der Waals surface area contributed by atoms with Gasteiger partial charge in [0.15, 0.2) is 0 Å². The summed E-state index contributed by atoms with van der Waals surface area (Å²) in [5.41, 5.74) is -0.536. The average Bonchev–Trinajstić information content (AvgIpc) is 2.84. The minimum Gasteiger partial charge on any atom is -0.444 e. The summed E-state index contributed by atoms with van der Waals surface area (Å²) in [5.74, 6) is 1.24. The van der Waals surface area contributed by atoms with Crippen LogP contribution in [0.5, 0.6) is 0 Å². The molecule has 2 rings (SSSR count). The first-order valence-corrected chi connectivity index (χ1v) is 6.52. The number of carbonyl (C=O) groups is 2. The number of fused-ring (bicyclic) bond motifs is 2. The van der Waals surface area contributed by atoms with Crippen molar-refractivity contribution in [3.05, 3.63) is 12.2 Å². The number of alkyl carbamates (subject to hydrolysis) is 1. The Morgan fingerprint density at radius 2 is 2.11 bits per heavy atom. The zero-order chi connectivity index (χ0) is 13.3. The topological polar surface area (TPSA) is 55.4 Å². The maximum Gasteiger partial charge on any atom is 0.408 e. The fraction of sp³-hybridized carbons (Fsp3) is 0.714. The highest BCUT2D eigenvalue weighted by atomic mass is 16.6. The van der Waals surface area contributed by atoms with E-state index in [4.69, 9.17) is 4.74 Å². The van der Waals surface area contributed by atoms with E-state index in [0.29, 0.717) is 11.8 Å². The van der Waals surface area contributed by atoms with E-state index in [1.807, 2.05) is 20.8 Å². The molecule has 1 amide bonds. The SMILES string of the molecule is CC(C)(C)OC(=O)NC(C=O)C1CC2C=CC1C2. The van der Waals surface area contributed by atoms with Crippen molar-refractivity contribution in [1.29, 1.82) is 0 Å². The van der Waals surface area contributed by atoms with Crippen LogP contribution in [0.15, 0.2) is 12.2 Å². The second kappa shape index (κ2) is 4.75. The summed E-state index contributed by atoms with van der Waals surface area (Å²) in [7, 11) is 0. The van der Waals surface area contributed by atoms with Crippen molar-refractivity contribution in [2.45, 2.75) is 45.3 Å². The lowest BCUT2D eigenvalue weighted by atomic mass is 9.87. The van der Waals surface area contributed by atoms with Gasteiger partial charge in [0.1, 0.15) is 11.9 Å². The number of allylic oxidation sites excluding steroid dienone is 2. The monoisotopic (exact) mass is 251 g/mol. The predicted molar refractivity (Wildman–Crippen MR) is 68.1 cm³/mol. The molecule has 1 fully saturated rings. The van der Waals surface area contributed by atoms with Crippen molar-refractivity contribution in [2.75, 3.05) is 0 Å². The lowest BCUT2D eigenvalue weighted by Gasteiger charge is -2.27. The molecule has 0 aromatic heterocycles. The number of hydrogen-bond donors (Lipinski definition) is 1. The Balaban J connectivity index is 1.92. The zero-order valence-electron chi connectivity index (χ0n) is 11.2. The molecular weight excluding hydrogens is 230 g/mol. The van der Waals surface area contributed by atoms with E-state index in [9.17, 15) is 9.59 Å². The van der Waals surface area contributed by atoms with Crippen LogP contribution in [0, 0.1) is 17.8 Å². The lowest BCUT2D eigenvalue weighted by Crippen LogP contribution is -2.45. The normalized spacial score (nSPS) is 31.2. The average molecular weight is 251 g/mol. The van der Waals surface area contributed by atoms with Gasteiger partial charge in [-0.2, -0.15) is 0 Å². The van der Waals surface area contributed by atoms with Crippen LogP contribution in [-0.2, 0) is 9.53 Å². The molecule has 0 heterocycles. The van der Waals surface area contributed by atoms with Crippen molar-refractivity contribution in [3.63, 3.8) is 0 Å². The molecule has 0 aliphatic heterocycles. The number of rotatable bonds is 3. The Bertz CT molecular complexity index is 370. The van der Waals surface area contributed by atoms with Gasteiger partial charge in [0.25, 0.3) is 0 Å². The summed E-state index contributed by atoms with van der Waals surface area (Å²) in [6, 6.07) is -0.431. The third-order valence-electron chi connectivity index (χ3n) is 3.62. The van der Waals surface area contributed by atoms with E-state index in [-0.39, 0.29) is 5.92 Å². The number of amides is 1. The molecule has 0 radical (unpaired) electrons. The van der Waals surface area contributed by atoms with Gasteiger partial charge in [0.2, 0.25) is 0 Å². The first-order valence-electron chi connectivity index (χ1n) is 6.52. The fourth-order valence-electron chi connectivity index (χ4n) is 2.92. The second-order valence-corrected chi connectivity index (χ2v) is 6.25. The molecule has 4 atom stereocenters. The molecule has 0 saturated heterocycles. The smallest absolute Gasteiger partial charge is 0.408 e. The maximum atomic E-state index is 11.7. The van der Waals surface area contributed by atoms with Gasteiger partial charge in [-0.05, 0) is 51.4 Å². The van der Waals surface area contributed by atoms with Crippen molar-refractivity contribution in [2.24, 2.45) is 17.8 Å². The highest BCUT2D eigenvalue weighted by Crippen LogP contribution is 2.44. The summed E-state index contributed by atoms with van der Waals surface area (Å²) in [6.45, 7) is 5.42. The largest absolute Gasteiger partial charge is 0.444 e. The van der Waals surface area contributed by atoms with Crippen LogP contribution < -0.4 is 5.32 Å². The van der Waals surface area contributed by atoms with Gasteiger partial charge in [-0.25, -0.2) is 4.79 Å². The number of nitrogens with one attached hydrogen (secondary N) is 1. The molecule has 1 N–H and O–H groups in total. The molecule has 100 valence electrons. The number of carbonyl (C=O) groups excluding carboxylic acids is 2. The molecular formula is C14H21NO3. The van der Waals surface area contributed by atoms with Gasteiger partial charge >= 0.3 is 6.09 Å². The van der Waals surface area contributed by atoms with Gasteiger partial charge in [-0.15, -0.1) is 0 Å². The quantitative estimate of drug-likeness (QED) is 0.618.